The van der Waals surface area contributed by atoms with Gasteiger partial charge in [-0.1, -0.05) is 40.9 Å². The Morgan fingerprint density at radius 3 is 2.52 bits per heavy atom. The third-order valence-corrected chi connectivity index (χ3v) is 6.58. The average molecular weight is 470 g/mol. The molecule has 4 rings (SSSR count). The van der Waals surface area contributed by atoms with Crippen LogP contribution in [0.5, 0.6) is 0 Å². The number of aromatic nitrogens is 1. The zero-order valence-corrected chi connectivity index (χ0v) is 19.9. The van der Waals surface area contributed by atoms with E-state index in [4.69, 9.17) is 23.2 Å². The maximum Gasteiger partial charge on any atom is 0.264 e. The topological polar surface area (TPSA) is 46.4 Å². The summed E-state index contributed by atoms with van der Waals surface area (Å²) in [5.74, 6) is -0.150. The molecule has 1 saturated heterocycles. The molecule has 0 aliphatic carbocycles. The predicted molar refractivity (Wildman–Crippen MR) is 132 cm³/mol. The van der Waals surface area contributed by atoms with Crippen molar-refractivity contribution in [1.29, 1.82) is 0 Å². The van der Waals surface area contributed by atoms with Gasteiger partial charge in [-0.15, -0.1) is 0 Å². The Morgan fingerprint density at radius 1 is 1.03 bits per heavy atom. The molecule has 0 radical (unpaired) electrons. The predicted octanol–water partition coefficient (Wildman–Crippen LogP) is 6.91. The summed E-state index contributed by atoms with van der Waals surface area (Å²) in [5, 5.41) is 4.61. The van der Waals surface area contributed by atoms with Crippen LogP contribution in [0.1, 0.15) is 28.1 Å². The lowest BCUT2D eigenvalue weighted by Gasteiger charge is -2.12. The van der Waals surface area contributed by atoms with Gasteiger partial charge in [0.2, 0.25) is 0 Å². The number of rotatable bonds is 3. The largest absolute Gasteiger partial charge is 0.316 e. The number of hydrogen-bond donors (Lipinski definition) is 1. The molecule has 4 nitrogen and oxygen atoms in total. The SMILES string of the molecule is Cc1ccc(N=C2NC(=O)/C(=C/c3cc(C)n(-c4ccc(Cl)cc4Cl)c3C)S2)c(C)c1. The first-order chi connectivity index (χ1) is 14.7. The van der Waals surface area contributed by atoms with Gasteiger partial charge in [0.25, 0.3) is 5.91 Å². The minimum atomic E-state index is -0.150. The first-order valence-electron chi connectivity index (χ1n) is 9.74. The van der Waals surface area contributed by atoms with E-state index in [9.17, 15) is 4.79 Å². The molecule has 158 valence electrons. The van der Waals surface area contributed by atoms with Gasteiger partial charge in [0.1, 0.15) is 0 Å². The highest BCUT2D eigenvalue weighted by molar-refractivity contribution is 8.18. The van der Waals surface area contributed by atoms with E-state index in [2.05, 4.69) is 20.9 Å². The monoisotopic (exact) mass is 469 g/mol. The fourth-order valence-corrected chi connectivity index (χ4v) is 4.95. The second kappa shape index (κ2) is 8.58. The van der Waals surface area contributed by atoms with Gasteiger partial charge in [-0.3, -0.25) is 4.79 Å². The summed E-state index contributed by atoms with van der Waals surface area (Å²) in [5.41, 5.74) is 6.92. The number of aryl methyl sites for hydroxylation is 3. The molecule has 0 bridgehead atoms. The van der Waals surface area contributed by atoms with Crippen molar-refractivity contribution in [2.75, 3.05) is 0 Å². The lowest BCUT2D eigenvalue weighted by molar-refractivity contribution is -0.115. The minimum Gasteiger partial charge on any atom is -0.316 e. The van der Waals surface area contributed by atoms with Gasteiger partial charge < -0.3 is 9.88 Å². The highest BCUT2D eigenvalue weighted by Crippen LogP contribution is 2.33. The second-order valence-electron chi connectivity index (χ2n) is 7.53. The van der Waals surface area contributed by atoms with E-state index < -0.39 is 0 Å². The van der Waals surface area contributed by atoms with Crippen molar-refractivity contribution in [3.8, 4) is 5.69 Å². The first-order valence-corrected chi connectivity index (χ1v) is 11.3. The van der Waals surface area contributed by atoms with Gasteiger partial charge in [-0.05, 0) is 87.0 Å². The maximum atomic E-state index is 12.6. The van der Waals surface area contributed by atoms with Crippen molar-refractivity contribution < 1.29 is 4.79 Å². The third-order valence-electron chi connectivity index (χ3n) is 5.13. The molecule has 7 heteroatoms. The number of carbonyl (C=O) groups is 1. The number of amides is 1. The second-order valence-corrected chi connectivity index (χ2v) is 9.40. The van der Waals surface area contributed by atoms with E-state index in [1.54, 1.807) is 6.07 Å². The summed E-state index contributed by atoms with van der Waals surface area (Å²) in [4.78, 5) is 17.8. The highest BCUT2D eigenvalue weighted by atomic mass is 35.5. The fourth-order valence-electron chi connectivity index (χ4n) is 3.63. The molecule has 0 spiro atoms. The van der Waals surface area contributed by atoms with E-state index in [0.29, 0.717) is 20.1 Å². The molecule has 1 aliphatic rings. The molecular formula is C24H21Cl2N3OS. The minimum absolute atomic E-state index is 0.150. The van der Waals surface area contributed by atoms with Crippen LogP contribution in [-0.2, 0) is 4.79 Å². The molecule has 0 saturated carbocycles. The number of nitrogens with one attached hydrogen (secondary N) is 1. The van der Waals surface area contributed by atoms with Gasteiger partial charge in [-0.25, -0.2) is 4.99 Å². The van der Waals surface area contributed by atoms with Crippen molar-refractivity contribution in [3.63, 3.8) is 0 Å². The zero-order chi connectivity index (χ0) is 22.3. The molecule has 1 amide bonds. The smallest absolute Gasteiger partial charge is 0.264 e. The highest BCUT2D eigenvalue weighted by Gasteiger charge is 2.25. The summed E-state index contributed by atoms with van der Waals surface area (Å²) in [6.45, 7) is 8.08. The molecular weight excluding hydrogens is 449 g/mol. The van der Waals surface area contributed by atoms with Crippen LogP contribution in [0.4, 0.5) is 5.69 Å². The number of thioether (sulfide) groups is 1. The Bertz CT molecular complexity index is 1270. The first kappa shape index (κ1) is 21.8. The number of halogens is 2. The summed E-state index contributed by atoms with van der Waals surface area (Å²) >= 11 is 13.8. The Morgan fingerprint density at radius 2 is 1.81 bits per heavy atom. The van der Waals surface area contributed by atoms with Crippen molar-refractivity contribution in [3.05, 3.63) is 85.5 Å². The van der Waals surface area contributed by atoms with E-state index in [1.807, 2.05) is 64.1 Å². The van der Waals surface area contributed by atoms with E-state index in [-0.39, 0.29) is 5.91 Å². The molecule has 2 heterocycles. The lowest BCUT2D eigenvalue weighted by Crippen LogP contribution is -2.19. The summed E-state index contributed by atoms with van der Waals surface area (Å²) in [6.07, 6.45) is 1.90. The van der Waals surface area contributed by atoms with Crippen molar-refractivity contribution in [2.24, 2.45) is 4.99 Å². The van der Waals surface area contributed by atoms with Crippen molar-refractivity contribution in [2.45, 2.75) is 27.7 Å². The Balaban J connectivity index is 1.66. The molecule has 3 aromatic rings. The van der Waals surface area contributed by atoms with E-state index >= 15 is 0 Å². The zero-order valence-electron chi connectivity index (χ0n) is 17.6. The number of aliphatic imine (C=N–C) groups is 1. The normalized spacial score (nSPS) is 16.4. The van der Waals surface area contributed by atoms with Crippen molar-refractivity contribution in [1.82, 2.24) is 9.88 Å². The average Bonchev–Trinajstić information content (AvgIpc) is 3.17. The van der Waals surface area contributed by atoms with Crippen LogP contribution in [0.2, 0.25) is 10.0 Å². The molecule has 1 aromatic heterocycles. The molecule has 2 aromatic carbocycles. The van der Waals surface area contributed by atoms with Crippen LogP contribution in [0, 0.1) is 27.7 Å². The summed E-state index contributed by atoms with van der Waals surface area (Å²) < 4.78 is 2.06. The Labute approximate surface area is 196 Å². The van der Waals surface area contributed by atoms with E-state index in [1.165, 1.54) is 17.3 Å². The number of hydrogen-bond acceptors (Lipinski definition) is 3. The maximum absolute atomic E-state index is 12.6. The van der Waals surface area contributed by atoms with Crippen LogP contribution in [0.15, 0.2) is 52.4 Å². The van der Waals surface area contributed by atoms with Gasteiger partial charge in [0, 0.05) is 16.4 Å². The molecule has 31 heavy (non-hydrogen) atoms. The number of nitrogens with zero attached hydrogens (tertiary/aromatic N) is 2. The van der Waals surface area contributed by atoms with Gasteiger partial charge in [0.05, 0.1) is 21.3 Å². The van der Waals surface area contributed by atoms with Gasteiger partial charge in [0.15, 0.2) is 5.17 Å². The lowest BCUT2D eigenvalue weighted by atomic mass is 10.1. The Kier molecular flexibility index (Phi) is 6.02. The Hall–Kier alpha value is -2.47. The van der Waals surface area contributed by atoms with Crippen LogP contribution in [0.3, 0.4) is 0 Å². The number of carbonyl (C=O) groups excluding carboxylic acids is 1. The molecule has 0 atom stereocenters. The quantitative estimate of drug-likeness (QED) is 0.423. The van der Waals surface area contributed by atoms with Crippen LogP contribution in [0.25, 0.3) is 11.8 Å². The van der Waals surface area contributed by atoms with Gasteiger partial charge in [-0.2, -0.15) is 0 Å². The summed E-state index contributed by atoms with van der Waals surface area (Å²) in [7, 11) is 0. The van der Waals surface area contributed by atoms with Crippen LogP contribution < -0.4 is 5.32 Å². The fraction of sp³-hybridized carbons (Fsp3) is 0.167. The number of benzene rings is 2. The molecule has 1 N–H and O–H groups in total. The van der Waals surface area contributed by atoms with Gasteiger partial charge >= 0.3 is 0 Å². The summed E-state index contributed by atoms with van der Waals surface area (Å²) in [6, 6.07) is 13.5. The number of amidine groups is 1. The van der Waals surface area contributed by atoms with E-state index in [0.717, 1.165) is 33.9 Å². The third kappa shape index (κ3) is 4.45. The standard InChI is InChI=1S/C24H21Cl2N3OS/c1-13-5-7-20(14(2)9-13)27-24-28-23(30)22(31-24)11-17-10-15(3)29(16(17)4)21-8-6-18(25)12-19(21)26/h5-12H,1-4H3,(H,27,28,30)/b22-11-. The van der Waals surface area contributed by atoms with Crippen LogP contribution in [-0.4, -0.2) is 15.6 Å². The van der Waals surface area contributed by atoms with Crippen molar-refractivity contribution >= 4 is 57.8 Å². The molecule has 1 aliphatic heterocycles. The molecule has 0 unspecified atom stereocenters. The molecule has 1 fully saturated rings. The van der Waals surface area contributed by atoms with Crippen LogP contribution >= 0.6 is 35.0 Å².